The molecule has 2 aromatic heterocycles. The van der Waals surface area contributed by atoms with E-state index >= 15 is 0 Å². The predicted molar refractivity (Wildman–Crippen MR) is 295 cm³/mol. The van der Waals surface area contributed by atoms with Gasteiger partial charge in [-0.2, -0.15) is 0 Å². The van der Waals surface area contributed by atoms with E-state index in [1.54, 1.807) is 0 Å². The van der Waals surface area contributed by atoms with Crippen molar-refractivity contribution in [2.24, 2.45) is 0 Å². The predicted octanol–water partition coefficient (Wildman–Crippen LogP) is 14.3. The molecule has 0 aliphatic heterocycles. The highest BCUT2D eigenvalue weighted by Crippen LogP contribution is 2.41. The fourth-order valence-electron chi connectivity index (χ4n) is 11.3. The van der Waals surface area contributed by atoms with E-state index < -0.39 is 8.07 Å². The van der Waals surface area contributed by atoms with Crippen LogP contribution in [0.4, 0.5) is 0 Å². The van der Waals surface area contributed by atoms with Crippen molar-refractivity contribution in [2.75, 3.05) is 0 Å². The summed E-state index contributed by atoms with van der Waals surface area (Å²) in [5.74, 6) is 0. The average molecular weight is 895 g/mol. The Morgan fingerprint density at radius 3 is 1.19 bits per heavy atom. The second-order valence-electron chi connectivity index (χ2n) is 18.0. The monoisotopic (exact) mass is 894 g/mol. The molecule has 0 saturated heterocycles. The Morgan fingerprint density at radius 2 is 0.638 bits per heavy atom. The van der Waals surface area contributed by atoms with Crippen LogP contribution in [-0.4, -0.2) is 17.2 Å². The number of rotatable bonds is 9. The van der Waals surface area contributed by atoms with Crippen LogP contribution in [0.25, 0.3) is 88.4 Å². The molecule has 0 aliphatic rings. The SMILES string of the molecule is c1ccc(-c2ccc([Si](c3ccccc3)(c3ccccc3)c3cccc4c3c3ccccc3n4-c3cccc4c3c3ccccc3n4-c3cc(-c4ccccc4)cc(-c4ccccc4)c3)cc2)cc1. The van der Waals surface area contributed by atoms with Gasteiger partial charge in [-0.15, -0.1) is 0 Å². The Hall–Kier alpha value is -8.76. The molecule has 0 N–H and O–H groups in total. The average Bonchev–Trinajstić information content (AvgIpc) is 3.96. The standard InChI is InChI=1S/C66H46N2Si/c1-6-22-47(23-7-1)50-40-42-56(43-41-50)69(54-28-12-4-13-29-54,55-30-14-5-15-31-55)64-39-21-38-63-66(64)58-33-17-19-35-60(58)68(63)62-37-20-36-61-65(62)57-32-16-18-34-59(57)67(61)53-45-51(48-24-8-2-9-25-48)44-52(46-53)49-26-10-3-11-27-49/h1-46H. The van der Waals surface area contributed by atoms with Gasteiger partial charge in [0, 0.05) is 27.2 Å². The summed E-state index contributed by atoms with van der Waals surface area (Å²) in [6.45, 7) is 0. The third kappa shape index (κ3) is 6.62. The van der Waals surface area contributed by atoms with Crippen molar-refractivity contribution in [3.8, 4) is 44.8 Å². The summed E-state index contributed by atoms with van der Waals surface area (Å²) in [6.07, 6.45) is 0. The Kier molecular flexibility index (Phi) is 9.88. The van der Waals surface area contributed by atoms with E-state index in [2.05, 4.69) is 288 Å². The van der Waals surface area contributed by atoms with Gasteiger partial charge >= 0.3 is 0 Å². The number of fused-ring (bicyclic) bond motifs is 6. The molecule has 11 aromatic carbocycles. The Balaban J connectivity index is 1.10. The van der Waals surface area contributed by atoms with Crippen LogP contribution in [0, 0.1) is 0 Å². The van der Waals surface area contributed by atoms with Crippen LogP contribution in [0.15, 0.2) is 279 Å². The van der Waals surface area contributed by atoms with Gasteiger partial charge in [-0.1, -0.05) is 231 Å². The van der Waals surface area contributed by atoms with Gasteiger partial charge in [0.25, 0.3) is 0 Å². The molecule has 0 bridgehead atoms. The number of para-hydroxylation sites is 2. The minimum absolute atomic E-state index is 1.13. The van der Waals surface area contributed by atoms with Gasteiger partial charge < -0.3 is 9.13 Å². The zero-order chi connectivity index (χ0) is 45.7. The third-order valence-electron chi connectivity index (χ3n) is 14.2. The lowest BCUT2D eigenvalue weighted by atomic mass is 9.98. The zero-order valence-corrected chi connectivity index (χ0v) is 39.0. The topological polar surface area (TPSA) is 9.86 Å². The van der Waals surface area contributed by atoms with Gasteiger partial charge in [-0.05, 0) is 103 Å². The highest BCUT2D eigenvalue weighted by atomic mass is 28.3. The van der Waals surface area contributed by atoms with Gasteiger partial charge in [0.05, 0.1) is 27.8 Å². The summed E-state index contributed by atoms with van der Waals surface area (Å²) in [5.41, 5.74) is 14.2. The summed E-state index contributed by atoms with van der Waals surface area (Å²) < 4.78 is 5.03. The van der Waals surface area contributed by atoms with Crippen molar-refractivity contribution >= 4 is 72.4 Å². The number of aromatic nitrogens is 2. The first kappa shape index (κ1) is 40.5. The molecule has 3 heteroatoms. The van der Waals surface area contributed by atoms with Gasteiger partial charge in [-0.3, -0.25) is 0 Å². The van der Waals surface area contributed by atoms with E-state index in [0.29, 0.717) is 0 Å². The molecule has 0 fully saturated rings. The van der Waals surface area contributed by atoms with Crippen molar-refractivity contribution in [2.45, 2.75) is 0 Å². The quantitative estimate of drug-likeness (QED) is 0.101. The smallest absolute Gasteiger partial charge is 0.180 e. The van der Waals surface area contributed by atoms with Crippen LogP contribution in [0.5, 0.6) is 0 Å². The molecule has 13 aromatic rings. The first-order chi connectivity index (χ1) is 34.3. The third-order valence-corrected chi connectivity index (χ3v) is 19.1. The lowest BCUT2D eigenvalue weighted by Crippen LogP contribution is -2.74. The van der Waals surface area contributed by atoms with E-state index in [1.165, 1.54) is 92.2 Å². The van der Waals surface area contributed by atoms with Crippen LogP contribution < -0.4 is 20.7 Å². The zero-order valence-electron chi connectivity index (χ0n) is 38.0. The first-order valence-electron chi connectivity index (χ1n) is 23.8. The van der Waals surface area contributed by atoms with E-state index in [4.69, 9.17) is 0 Å². The van der Waals surface area contributed by atoms with Gasteiger partial charge in [0.2, 0.25) is 0 Å². The fraction of sp³-hybridized carbons (Fsp3) is 0. The Labute approximate surface area is 403 Å². The van der Waals surface area contributed by atoms with E-state index in [9.17, 15) is 0 Å². The molecule has 69 heavy (non-hydrogen) atoms. The molecule has 0 aliphatic carbocycles. The number of hydrogen-bond acceptors (Lipinski definition) is 0. The van der Waals surface area contributed by atoms with Crippen LogP contribution in [0.3, 0.4) is 0 Å². The molecular formula is C66H46N2Si. The minimum Gasteiger partial charge on any atom is -0.309 e. The lowest BCUT2D eigenvalue weighted by Gasteiger charge is -2.35. The summed E-state index contributed by atoms with van der Waals surface area (Å²) >= 11 is 0. The first-order valence-corrected chi connectivity index (χ1v) is 25.8. The van der Waals surface area contributed by atoms with Crippen molar-refractivity contribution < 1.29 is 0 Å². The van der Waals surface area contributed by atoms with Crippen LogP contribution >= 0.6 is 0 Å². The molecule has 2 nitrogen and oxygen atoms in total. The summed E-state index contributed by atoms with van der Waals surface area (Å²) in [7, 11) is -3.01. The summed E-state index contributed by atoms with van der Waals surface area (Å²) in [6, 6.07) is 103. The second-order valence-corrected chi connectivity index (χ2v) is 21.8. The molecule has 0 atom stereocenters. The number of benzene rings is 11. The maximum Gasteiger partial charge on any atom is 0.180 e. The summed E-state index contributed by atoms with van der Waals surface area (Å²) in [4.78, 5) is 0. The van der Waals surface area contributed by atoms with E-state index in [0.717, 1.165) is 16.9 Å². The molecule has 0 saturated carbocycles. The van der Waals surface area contributed by atoms with Gasteiger partial charge in [0.1, 0.15) is 0 Å². The van der Waals surface area contributed by atoms with E-state index in [1.807, 2.05) is 0 Å². The fourth-order valence-corrected chi connectivity index (χ4v) is 16.2. The Morgan fingerprint density at radius 1 is 0.246 bits per heavy atom. The molecule has 0 spiro atoms. The number of hydrogen-bond donors (Lipinski definition) is 0. The molecule has 0 amide bonds. The summed E-state index contributed by atoms with van der Waals surface area (Å²) in [5, 5.41) is 10.4. The molecule has 13 rings (SSSR count). The van der Waals surface area contributed by atoms with Crippen molar-refractivity contribution in [3.63, 3.8) is 0 Å². The molecule has 2 heterocycles. The van der Waals surface area contributed by atoms with Crippen molar-refractivity contribution in [1.82, 2.24) is 9.13 Å². The maximum absolute atomic E-state index is 3.01. The van der Waals surface area contributed by atoms with Crippen LogP contribution in [0.1, 0.15) is 0 Å². The lowest BCUT2D eigenvalue weighted by molar-refractivity contribution is 1.17. The molecule has 0 unspecified atom stereocenters. The molecular weight excluding hydrogens is 849 g/mol. The van der Waals surface area contributed by atoms with E-state index in [-0.39, 0.29) is 0 Å². The number of nitrogens with zero attached hydrogens (tertiary/aromatic N) is 2. The van der Waals surface area contributed by atoms with Crippen molar-refractivity contribution in [3.05, 3.63) is 279 Å². The minimum atomic E-state index is -3.01. The van der Waals surface area contributed by atoms with Crippen LogP contribution in [-0.2, 0) is 0 Å². The largest absolute Gasteiger partial charge is 0.309 e. The van der Waals surface area contributed by atoms with Gasteiger partial charge in [-0.25, -0.2) is 0 Å². The second kappa shape index (κ2) is 16.8. The maximum atomic E-state index is 2.55. The normalized spacial score (nSPS) is 11.8. The highest BCUT2D eigenvalue weighted by Gasteiger charge is 2.43. The van der Waals surface area contributed by atoms with Crippen molar-refractivity contribution in [1.29, 1.82) is 0 Å². The highest BCUT2D eigenvalue weighted by molar-refractivity contribution is 7.20. The molecule has 324 valence electrons. The van der Waals surface area contributed by atoms with Crippen LogP contribution in [0.2, 0.25) is 0 Å². The van der Waals surface area contributed by atoms with Gasteiger partial charge in [0.15, 0.2) is 8.07 Å². The molecule has 0 radical (unpaired) electrons. The Bertz CT molecular complexity index is 3870.